The number of nitrogens with zero attached hydrogens (tertiary/aromatic N) is 5. The van der Waals surface area contributed by atoms with E-state index >= 15 is 0 Å². The van der Waals surface area contributed by atoms with Gasteiger partial charge in [0.05, 0.1) is 18.1 Å². The van der Waals surface area contributed by atoms with Crippen molar-refractivity contribution in [3.8, 4) is 22.7 Å². The smallest absolute Gasteiger partial charge is 0.291 e. The molecule has 0 saturated carbocycles. The molecule has 2 heterocycles. The molecule has 0 aliphatic rings. The Morgan fingerprint density at radius 2 is 1.69 bits per heavy atom. The predicted molar refractivity (Wildman–Crippen MR) is 137 cm³/mol. The fourth-order valence-corrected chi connectivity index (χ4v) is 3.50. The van der Waals surface area contributed by atoms with Crippen LogP contribution in [0.3, 0.4) is 0 Å². The Kier molecular flexibility index (Phi) is 6.85. The Bertz CT molecular complexity index is 1450. The minimum absolute atomic E-state index is 0.181. The van der Waals surface area contributed by atoms with Crippen molar-refractivity contribution in [2.24, 2.45) is 5.10 Å². The lowest BCUT2D eigenvalue weighted by Crippen LogP contribution is -2.19. The number of hydrogen-bond donors (Lipinski definition) is 1. The molecule has 0 aliphatic carbocycles. The SMILES string of the molecule is O=C(N/N=C/c1cn(-c2ccccc2)nc1-c1ccc(OCc2ccccc2)cc1)c1cnccn1. The summed E-state index contributed by atoms with van der Waals surface area (Å²) >= 11 is 0. The lowest BCUT2D eigenvalue weighted by Gasteiger charge is -2.07. The van der Waals surface area contributed by atoms with Gasteiger partial charge in [0.1, 0.15) is 23.7 Å². The highest BCUT2D eigenvalue weighted by molar-refractivity contribution is 5.94. The van der Waals surface area contributed by atoms with Crippen molar-refractivity contribution in [3.05, 3.63) is 127 Å². The van der Waals surface area contributed by atoms with Gasteiger partial charge in [-0.2, -0.15) is 10.2 Å². The van der Waals surface area contributed by atoms with Crippen molar-refractivity contribution in [1.29, 1.82) is 0 Å². The van der Waals surface area contributed by atoms with Gasteiger partial charge in [0.25, 0.3) is 5.91 Å². The summed E-state index contributed by atoms with van der Waals surface area (Å²) in [5.41, 5.74) is 7.01. The lowest BCUT2D eigenvalue weighted by molar-refractivity contribution is 0.0949. The van der Waals surface area contributed by atoms with Gasteiger partial charge in [0, 0.05) is 29.7 Å². The average Bonchev–Trinajstić information content (AvgIpc) is 3.38. The third-order valence-electron chi connectivity index (χ3n) is 5.30. The molecule has 36 heavy (non-hydrogen) atoms. The molecule has 0 fully saturated rings. The second-order valence-corrected chi connectivity index (χ2v) is 7.80. The Labute approximate surface area is 207 Å². The van der Waals surface area contributed by atoms with Crippen LogP contribution in [-0.2, 0) is 6.61 Å². The van der Waals surface area contributed by atoms with Gasteiger partial charge in [-0.1, -0.05) is 48.5 Å². The molecule has 0 spiro atoms. The number of carbonyl (C=O) groups excluding carboxylic acids is 1. The van der Waals surface area contributed by atoms with Crippen LogP contribution >= 0.6 is 0 Å². The number of ether oxygens (including phenoxy) is 1. The first-order valence-corrected chi connectivity index (χ1v) is 11.3. The van der Waals surface area contributed by atoms with Crippen LogP contribution in [0.15, 0.2) is 115 Å². The molecule has 0 radical (unpaired) electrons. The summed E-state index contributed by atoms with van der Waals surface area (Å²) < 4.78 is 7.69. The largest absolute Gasteiger partial charge is 0.489 e. The van der Waals surface area contributed by atoms with Crippen LogP contribution in [0.25, 0.3) is 16.9 Å². The first-order valence-electron chi connectivity index (χ1n) is 11.3. The number of para-hydroxylation sites is 1. The third kappa shape index (κ3) is 5.51. The van der Waals surface area contributed by atoms with Crippen molar-refractivity contribution in [3.63, 3.8) is 0 Å². The standard InChI is InChI=1S/C28H22N6O2/c35-28(26-18-29-15-16-30-26)32-31-17-23-19-34(24-9-5-2-6-10-24)33-27(23)22-11-13-25(14-12-22)36-20-21-7-3-1-4-8-21/h1-19H,20H2,(H,32,35)/b31-17+. The number of hydrazone groups is 1. The number of benzene rings is 3. The lowest BCUT2D eigenvalue weighted by atomic mass is 10.1. The first-order chi connectivity index (χ1) is 17.8. The predicted octanol–water partition coefficient (Wildman–Crippen LogP) is 4.67. The van der Waals surface area contributed by atoms with Crippen LogP contribution in [0, 0.1) is 0 Å². The van der Waals surface area contributed by atoms with E-state index in [2.05, 4.69) is 20.5 Å². The second-order valence-electron chi connectivity index (χ2n) is 7.80. The summed E-state index contributed by atoms with van der Waals surface area (Å²) in [6, 6.07) is 27.5. The molecular formula is C28H22N6O2. The molecule has 5 rings (SSSR count). The Morgan fingerprint density at radius 1 is 0.944 bits per heavy atom. The third-order valence-corrected chi connectivity index (χ3v) is 5.30. The zero-order valence-corrected chi connectivity index (χ0v) is 19.2. The highest BCUT2D eigenvalue weighted by Gasteiger charge is 2.12. The van der Waals surface area contributed by atoms with Gasteiger partial charge in [-0.15, -0.1) is 0 Å². The van der Waals surface area contributed by atoms with Crippen LogP contribution in [0.4, 0.5) is 0 Å². The molecule has 0 atom stereocenters. The van der Waals surface area contributed by atoms with Gasteiger partial charge in [0.15, 0.2) is 0 Å². The van der Waals surface area contributed by atoms with Crippen molar-refractivity contribution < 1.29 is 9.53 Å². The molecule has 1 N–H and O–H groups in total. The number of nitrogens with one attached hydrogen (secondary N) is 1. The fourth-order valence-electron chi connectivity index (χ4n) is 3.50. The normalized spacial score (nSPS) is 10.9. The summed E-state index contributed by atoms with van der Waals surface area (Å²) in [5.74, 6) is 0.313. The monoisotopic (exact) mass is 474 g/mol. The Morgan fingerprint density at radius 3 is 2.42 bits per heavy atom. The maximum atomic E-state index is 12.3. The van der Waals surface area contributed by atoms with E-state index in [0.29, 0.717) is 12.3 Å². The molecule has 0 aliphatic heterocycles. The molecule has 0 saturated heterocycles. The van der Waals surface area contributed by atoms with E-state index in [4.69, 9.17) is 9.84 Å². The fraction of sp³-hybridized carbons (Fsp3) is 0.0357. The molecule has 8 nitrogen and oxygen atoms in total. The maximum absolute atomic E-state index is 12.3. The summed E-state index contributed by atoms with van der Waals surface area (Å²) in [6.45, 7) is 0.492. The van der Waals surface area contributed by atoms with E-state index in [9.17, 15) is 4.79 Å². The molecule has 176 valence electrons. The molecule has 0 unspecified atom stereocenters. The highest BCUT2D eigenvalue weighted by Crippen LogP contribution is 2.25. The van der Waals surface area contributed by atoms with E-state index in [1.807, 2.05) is 91.1 Å². The minimum Gasteiger partial charge on any atom is -0.489 e. The second kappa shape index (κ2) is 10.9. The van der Waals surface area contributed by atoms with Gasteiger partial charge in [-0.05, 0) is 42.0 Å². The Balaban J connectivity index is 1.37. The summed E-state index contributed by atoms with van der Waals surface area (Å²) in [7, 11) is 0. The van der Waals surface area contributed by atoms with Crippen LogP contribution < -0.4 is 10.2 Å². The molecule has 2 aromatic heterocycles. The zero-order chi connectivity index (χ0) is 24.6. The van der Waals surface area contributed by atoms with Gasteiger partial charge in [-0.25, -0.2) is 15.1 Å². The van der Waals surface area contributed by atoms with E-state index in [1.165, 1.54) is 18.6 Å². The maximum Gasteiger partial charge on any atom is 0.291 e. The van der Waals surface area contributed by atoms with Gasteiger partial charge < -0.3 is 4.74 Å². The first kappa shape index (κ1) is 22.7. The van der Waals surface area contributed by atoms with Crippen molar-refractivity contribution in [1.82, 2.24) is 25.2 Å². The van der Waals surface area contributed by atoms with E-state index in [-0.39, 0.29) is 5.69 Å². The quantitative estimate of drug-likeness (QED) is 0.260. The molecule has 0 bridgehead atoms. The van der Waals surface area contributed by atoms with Gasteiger partial charge >= 0.3 is 0 Å². The number of carbonyl (C=O) groups is 1. The minimum atomic E-state index is -0.448. The number of hydrogen-bond acceptors (Lipinski definition) is 6. The molecule has 3 aromatic carbocycles. The average molecular weight is 475 g/mol. The van der Waals surface area contributed by atoms with Crippen LogP contribution in [0.2, 0.25) is 0 Å². The number of rotatable bonds is 8. The zero-order valence-electron chi connectivity index (χ0n) is 19.2. The molecule has 1 amide bonds. The van der Waals surface area contributed by atoms with Crippen LogP contribution in [-0.4, -0.2) is 31.9 Å². The van der Waals surface area contributed by atoms with E-state index in [0.717, 1.165) is 28.1 Å². The topological polar surface area (TPSA) is 94.3 Å². The van der Waals surface area contributed by atoms with Crippen molar-refractivity contribution >= 4 is 12.1 Å². The molecule has 8 heteroatoms. The van der Waals surface area contributed by atoms with Gasteiger partial charge in [0.2, 0.25) is 0 Å². The summed E-state index contributed by atoms with van der Waals surface area (Å²) in [4.78, 5) is 20.1. The highest BCUT2D eigenvalue weighted by atomic mass is 16.5. The van der Waals surface area contributed by atoms with Crippen molar-refractivity contribution in [2.75, 3.05) is 0 Å². The number of amides is 1. The summed E-state index contributed by atoms with van der Waals surface area (Å²) in [5, 5.41) is 8.90. The molecule has 5 aromatic rings. The Hall–Kier alpha value is -5.11. The summed E-state index contributed by atoms with van der Waals surface area (Å²) in [6.07, 6.45) is 7.76. The number of aromatic nitrogens is 4. The van der Waals surface area contributed by atoms with E-state index < -0.39 is 5.91 Å². The van der Waals surface area contributed by atoms with Crippen molar-refractivity contribution in [2.45, 2.75) is 6.61 Å². The van der Waals surface area contributed by atoms with Gasteiger partial charge in [-0.3, -0.25) is 9.78 Å². The van der Waals surface area contributed by atoms with E-state index in [1.54, 1.807) is 10.9 Å². The molecular weight excluding hydrogens is 452 g/mol. The van der Waals surface area contributed by atoms with Crippen LogP contribution in [0.1, 0.15) is 21.6 Å². The van der Waals surface area contributed by atoms with Crippen LogP contribution in [0.5, 0.6) is 5.75 Å².